The van der Waals surface area contributed by atoms with Gasteiger partial charge in [0.1, 0.15) is 12.1 Å². The van der Waals surface area contributed by atoms with Crippen LogP contribution in [0, 0.1) is 0 Å². The molecule has 1 N–H and O–H groups in total. The second-order valence-corrected chi connectivity index (χ2v) is 7.13. The molecule has 0 fully saturated rings. The topological polar surface area (TPSA) is 55.8 Å². The molecule has 0 aromatic rings. The average Bonchev–Trinajstić information content (AvgIpc) is 1.96. The van der Waals surface area contributed by atoms with Gasteiger partial charge in [0.2, 0.25) is 0 Å². The van der Waals surface area contributed by atoms with Crippen molar-refractivity contribution in [2.75, 3.05) is 27.7 Å². The van der Waals surface area contributed by atoms with E-state index >= 15 is 0 Å². The highest BCUT2D eigenvalue weighted by Gasteiger charge is 2.36. The zero-order valence-electron chi connectivity index (χ0n) is 11.4. The van der Waals surface area contributed by atoms with Crippen LogP contribution in [0.5, 0.6) is 0 Å². The number of hydrogen-bond acceptors (Lipinski definition) is 3. The first kappa shape index (κ1) is 16.1. The van der Waals surface area contributed by atoms with Crippen LogP contribution in [0.2, 0.25) is 0 Å². The highest BCUT2D eigenvalue weighted by Crippen LogP contribution is 2.45. The quantitative estimate of drug-likeness (QED) is 0.582. The fourth-order valence-electron chi connectivity index (χ4n) is 0.730. The second kappa shape index (κ2) is 5.15. The van der Waals surface area contributed by atoms with E-state index in [9.17, 15) is 9.46 Å². The molecule has 0 saturated heterocycles. The number of nitrogens with zero attached hydrogens (tertiary/aromatic N) is 1. The zero-order chi connectivity index (χ0) is 13.2. The van der Waals surface area contributed by atoms with Gasteiger partial charge < -0.3 is 9.38 Å². The summed E-state index contributed by atoms with van der Waals surface area (Å²) in [5, 5.41) is 0. The number of hydrogen-bond donors (Lipinski definition) is 1. The molecule has 0 aliphatic rings. The van der Waals surface area contributed by atoms with Crippen LogP contribution in [-0.2, 0) is 13.6 Å². The van der Waals surface area contributed by atoms with Crippen LogP contribution in [0.4, 0.5) is 0 Å². The first-order valence-corrected chi connectivity index (χ1v) is 6.84. The molecule has 0 bridgehead atoms. The van der Waals surface area contributed by atoms with Crippen molar-refractivity contribution < 1.29 is 23.0 Å². The minimum Gasteiger partial charge on any atom is -0.325 e. The third-order valence-corrected chi connectivity index (χ3v) is 3.88. The van der Waals surface area contributed by atoms with Crippen LogP contribution in [0.3, 0.4) is 0 Å². The van der Waals surface area contributed by atoms with Gasteiger partial charge in [-0.2, -0.15) is 0 Å². The first-order valence-electron chi connectivity index (χ1n) is 5.35. The van der Waals surface area contributed by atoms with Gasteiger partial charge in [0.25, 0.3) is 0 Å². The largest absolute Gasteiger partial charge is 0.472 e. The third kappa shape index (κ3) is 5.41. The predicted octanol–water partition coefficient (Wildman–Crippen LogP) is 2.01. The molecule has 1 atom stereocenters. The SMILES string of the molecule is CC(C)OP(=O)(O)OCC(C)(C)[N+](C)(C)C. The average molecular weight is 254 g/mol. The molecule has 0 aromatic carbocycles. The summed E-state index contributed by atoms with van der Waals surface area (Å²) in [5.74, 6) is 0. The molecule has 0 aliphatic heterocycles. The molecule has 98 valence electrons. The smallest absolute Gasteiger partial charge is 0.325 e. The van der Waals surface area contributed by atoms with Crippen molar-refractivity contribution in [1.82, 2.24) is 0 Å². The number of likely N-dealkylation sites (N-methyl/N-ethyl adjacent to an activating group) is 1. The molecule has 0 rings (SSSR count). The van der Waals surface area contributed by atoms with Gasteiger partial charge in [-0.05, 0) is 27.7 Å². The van der Waals surface area contributed by atoms with E-state index in [-0.39, 0.29) is 18.2 Å². The number of quaternary nitrogens is 1. The molecule has 0 saturated carbocycles. The molecule has 5 nitrogen and oxygen atoms in total. The minimum atomic E-state index is -3.92. The van der Waals surface area contributed by atoms with Gasteiger partial charge in [0.05, 0.1) is 27.2 Å². The van der Waals surface area contributed by atoms with Crippen LogP contribution < -0.4 is 0 Å². The van der Waals surface area contributed by atoms with Gasteiger partial charge in [-0.3, -0.25) is 9.05 Å². The van der Waals surface area contributed by atoms with E-state index in [1.54, 1.807) is 13.8 Å². The molecular formula is C10H25NO4P+. The Labute approximate surface area is 98.6 Å². The summed E-state index contributed by atoms with van der Waals surface area (Å²) in [6.07, 6.45) is -0.330. The van der Waals surface area contributed by atoms with Crippen molar-refractivity contribution in [2.24, 2.45) is 0 Å². The molecule has 0 aliphatic carbocycles. The summed E-state index contributed by atoms with van der Waals surface area (Å²) in [4.78, 5) is 9.42. The van der Waals surface area contributed by atoms with Crippen molar-refractivity contribution in [2.45, 2.75) is 39.3 Å². The van der Waals surface area contributed by atoms with Crippen molar-refractivity contribution >= 4 is 7.82 Å². The van der Waals surface area contributed by atoms with E-state index in [0.29, 0.717) is 4.48 Å². The van der Waals surface area contributed by atoms with E-state index in [1.807, 2.05) is 35.0 Å². The van der Waals surface area contributed by atoms with Gasteiger partial charge in [0, 0.05) is 0 Å². The van der Waals surface area contributed by atoms with Gasteiger partial charge in [-0.1, -0.05) is 0 Å². The maximum absolute atomic E-state index is 11.5. The highest BCUT2D eigenvalue weighted by molar-refractivity contribution is 7.47. The first-order chi connectivity index (χ1) is 6.87. The lowest BCUT2D eigenvalue weighted by Crippen LogP contribution is -2.55. The summed E-state index contributed by atoms with van der Waals surface area (Å²) < 4.78 is 22.0. The monoisotopic (exact) mass is 254 g/mol. The molecule has 0 aromatic heterocycles. The van der Waals surface area contributed by atoms with Gasteiger partial charge >= 0.3 is 7.82 Å². The predicted molar refractivity (Wildman–Crippen MR) is 64.1 cm³/mol. The second-order valence-electron chi connectivity index (χ2n) is 5.72. The minimum absolute atomic E-state index is 0.164. The van der Waals surface area contributed by atoms with Crippen LogP contribution in [0.25, 0.3) is 0 Å². The molecule has 0 radical (unpaired) electrons. The highest BCUT2D eigenvalue weighted by atomic mass is 31.2. The molecular weight excluding hydrogens is 229 g/mol. The molecule has 1 unspecified atom stereocenters. The van der Waals surface area contributed by atoms with Crippen molar-refractivity contribution in [1.29, 1.82) is 0 Å². The van der Waals surface area contributed by atoms with Crippen molar-refractivity contribution in [3.05, 3.63) is 0 Å². The summed E-state index contributed by atoms with van der Waals surface area (Å²) in [6.45, 7) is 7.50. The Bertz CT molecular complexity index is 270. The molecule has 0 amide bonds. The normalized spacial score (nSPS) is 17.6. The van der Waals surface area contributed by atoms with Crippen molar-refractivity contribution in [3.63, 3.8) is 0 Å². The summed E-state index contributed by atoms with van der Waals surface area (Å²) in [5.41, 5.74) is -0.265. The summed E-state index contributed by atoms with van der Waals surface area (Å²) >= 11 is 0. The fourth-order valence-corrected chi connectivity index (χ4v) is 1.80. The maximum Gasteiger partial charge on any atom is 0.472 e. The van der Waals surface area contributed by atoms with Gasteiger partial charge in [-0.15, -0.1) is 0 Å². The third-order valence-electron chi connectivity index (χ3n) is 2.74. The zero-order valence-corrected chi connectivity index (χ0v) is 12.2. The molecule has 16 heavy (non-hydrogen) atoms. The molecule has 0 spiro atoms. The van der Waals surface area contributed by atoms with E-state index in [1.165, 1.54) is 0 Å². The summed E-state index contributed by atoms with van der Waals surface area (Å²) in [7, 11) is 2.10. The standard InChI is InChI=1S/C10H24NO4P/c1-9(2)15-16(12,13)14-8-10(3,4)11(5,6)7/h9H,8H2,1-7H3/p+1. The van der Waals surface area contributed by atoms with Crippen LogP contribution in [0.15, 0.2) is 0 Å². The Hall–Kier alpha value is 0.0700. The van der Waals surface area contributed by atoms with Gasteiger partial charge in [-0.25, -0.2) is 4.57 Å². The lowest BCUT2D eigenvalue weighted by Gasteiger charge is -2.41. The molecule has 6 heteroatoms. The van der Waals surface area contributed by atoms with Crippen molar-refractivity contribution in [3.8, 4) is 0 Å². The Balaban J connectivity index is 4.40. The Kier molecular flexibility index (Phi) is 5.17. The summed E-state index contributed by atoms with van der Waals surface area (Å²) in [6, 6.07) is 0. The number of phosphoric ester groups is 1. The number of phosphoric acid groups is 1. The Morgan fingerprint density at radius 3 is 2.06 bits per heavy atom. The number of rotatable bonds is 6. The van der Waals surface area contributed by atoms with Gasteiger partial charge in [0.15, 0.2) is 0 Å². The van der Waals surface area contributed by atoms with Crippen LogP contribution in [-0.4, -0.2) is 48.8 Å². The lowest BCUT2D eigenvalue weighted by molar-refractivity contribution is -0.919. The van der Waals surface area contributed by atoms with Crippen LogP contribution >= 0.6 is 7.82 Å². The maximum atomic E-state index is 11.5. The van der Waals surface area contributed by atoms with E-state index in [0.717, 1.165) is 0 Å². The Morgan fingerprint density at radius 1 is 1.31 bits per heavy atom. The Morgan fingerprint density at radius 2 is 1.75 bits per heavy atom. The van der Waals surface area contributed by atoms with E-state index in [4.69, 9.17) is 9.05 Å². The lowest BCUT2D eigenvalue weighted by atomic mass is 10.0. The van der Waals surface area contributed by atoms with Crippen LogP contribution in [0.1, 0.15) is 27.7 Å². The molecule has 0 heterocycles. The van der Waals surface area contributed by atoms with E-state index < -0.39 is 7.82 Å². The van der Waals surface area contributed by atoms with E-state index in [2.05, 4.69) is 0 Å². The fraction of sp³-hybridized carbons (Fsp3) is 1.00.